The van der Waals surface area contributed by atoms with E-state index in [9.17, 15) is 14.4 Å². The lowest BCUT2D eigenvalue weighted by molar-refractivity contribution is 0.0993. The van der Waals surface area contributed by atoms with Crippen LogP contribution in [0.25, 0.3) is 0 Å². The second kappa shape index (κ2) is 5.88. The Balaban J connectivity index is 1.96. The maximum Gasteiger partial charge on any atom is 0.329 e. The van der Waals surface area contributed by atoms with Crippen LogP contribution < -0.4 is 26.6 Å². The van der Waals surface area contributed by atoms with Crippen LogP contribution in [0.1, 0.15) is 17.3 Å². The summed E-state index contributed by atoms with van der Waals surface area (Å²) in [7, 11) is 1.40. The minimum atomic E-state index is -0.768. The molecule has 0 spiro atoms. The average Bonchev–Trinajstić information content (AvgIpc) is 2.52. The first-order chi connectivity index (χ1) is 11.4. The molecular formula is C16H18N4O4. The van der Waals surface area contributed by atoms with E-state index in [4.69, 9.17) is 10.5 Å². The summed E-state index contributed by atoms with van der Waals surface area (Å²) in [6.07, 6.45) is -0.0940. The number of fused-ring (bicyclic) bond motifs is 1. The van der Waals surface area contributed by atoms with Crippen LogP contribution in [0, 0.1) is 0 Å². The fourth-order valence-corrected chi connectivity index (χ4v) is 2.79. The number of ether oxygens (including phenoxy) is 1. The van der Waals surface area contributed by atoms with E-state index in [0.717, 1.165) is 10.3 Å². The van der Waals surface area contributed by atoms with Gasteiger partial charge in [-0.25, -0.2) is 4.79 Å². The number of Topliss-reactive ketones (excluding diaryl/α,β-unsaturated/α-hetero) is 1. The van der Waals surface area contributed by atoms with Gasteiger partial charge in [0.1, 0.15) is 23.2 Å². The molecule has 24 heavy (non-hydrogen) atoms. The van der Waals surface area contributed by atoms with Crippen molar-refractivity contribution < 1.29 is 9.53 Å². The average molecular weight is 330 g/mol. The van der Waals surface area contributed by atoms with Crippen LogP contribution in [0.4, 0.5) is 11.5 Å². The number of H-pyrrole nitrogens is 1. The van der Waals surface area contributed by atoms with Gasteiger partial charge < -0.3 is 15.4 Å². The van der Waals surface area contributed by atoms with Crippen molar-refractivity contribution in [3.8, 4) is 5.75 Å². The number of hydrogen-bond donors (Lipinski definition) is 2. The number of nitrogens with two attached hydrogens (primary N) is 1. The molecule has 3 rings (SSSR count). The van der Waals surface area contributed by atoms with Gasteiger partial charge in [0, 0.05) is 7.05 Å². The zero-order valence-corrected chi connectivity index (χ0v) is 13.4. The lowest BCUT2D eigenvalue weighted by Gasteiger charge is -2.34. The van der Waals surface area contributed by atoms with Crippen LogP contribution in [0.3, 0.4) is 0 Å². The number of hydrogen-bond acceptors (Lipinski definition) is 6. The van der Waals surface area contributed by atoms with Crippen molar-refractivity contribution in [2.24, 2.45) is 7.05 Å². The smallest absolute Gasteiger partial charge is 0.329 e. The van der Waals surface area contributed by atoms with Crippen LogP contribution >= 0.6 is 0 Å². The Bertz CT molecular complexity index is 915. The minimum absolute atomic E-state index is 0.0316. The second-order valence-electron chi connectivity index (χ2n) is 5.78. The van der Waals surface area contributed by atoms with Crippen molar-refractivity contribution in [2.75, 3.05) is 23.7 Å². The third-order valence-electron chi connectivity index (χ3n) is 3.99. The molecule has 1 aliphatic heterocycles. The van der Waals surface area contributed by atoms with Crippen LogP contribution in [-0.2, 0) is 7.05 Å². The Labute approximate surface area is 137 Å². The Hall–Kier alpha value is -3.03. The number of anilines is 2. The molecule has 1 aromatic heterocycles. The van der Waals surface area contributed by atoms with Crippen LogP contribution in [-0.4, -0.2) is 34.5 Å². The summed E-state index contributed by atoms with van der Waals surface area (Å²) in [6, 6.07) is 7.38. The topological polar surface area (TPSA) is 110 Å². The molecule has 0 saturated heterocycles. The zero-order valence-electron chi connectivity index (χ0n) is 13.4. The molecule has 1 aliphatic rings. The fraction of sp³-hybridized carbons (Fsp3) is 0.312. The van der Waals surface area contributed by atoms with Gasteiger partial charge in [-0.15, -0.1) is 0 Å². The summed E-state index contributed by atoms with van der Waals surface area (Å²) < 4.78 is 6.79. The number of carbonyl (C=O) groups is 1. The number of nitrogens with one attached hydrogen (secondary N) is 1. The van der Waals surface area contributed by atoms with Crippen molar-refractivity contribution in [3.63, 3.8) is 0 Å². The third kappa shape index (κ3) is 2.66. The number of benzene rings is 1. The van der Waals surface area contributed by atoms with E-state index < -0.39 is 17.0 Å². The van der Waals surface area contributed by atoms with Gasteiger partial charge in [0.25, 0.3) is 5.56 Å². The molecule has 0 aliphatic carbocycles. The molecule has 126 valence electrons. The lowest BCUT2D eigenvalue weighted by Crippen LogP contribution is -2.43. The Morgan fingerprint density at radius 3 is 2.83 bits per heavy atom. The number of carbonyl (C=O) groups excluding carboxylic acids is 1. The first kappa shape index (κ1) is 15.9. The molecular weight excluding hydrogens is 312 g/mol. The van der Waals surface area contributed by atoms with Crippen LogP contribution in [0.15, 0.2) is 33.9 Å². The SMILES string of the molecule is CC1CN(CC(=O)c2c(N)n(C)c(=O)[nH]c2=O)c2ccccc2O1. The molecule has 2 heterocycles. The lowest BCUT2D eigenvalue weighted by atomic mass is 10.1. The maximum absolute atomic E-state index is 12.6. The van der Waals surface area contributed by atoms with Gasteiger partial charge in [0.2, 0.25) is 0 Å². The molecule has 0 amide bonds. The van der Waals surface area contributed by atoms with Crippen molar-refractivity contribution in [3.05, 3.63) is 50.7 Å². The highest BCUT2D eigenvalue weighted by Crippen LogP contribution is 2.32. The Kier molecular flexibility index (Phi) is 3.88. The van der Waals surface area contributed by atoms with E-state index in [2.05, 4.69) is 4.98 Å². The molecule has 0 radical (unpaired) electrons. The molecule has 8 heteroatoms. The second-order valence-corrected chi connectivity index (χ2v) is 5.78. The number of para-hydroxylation sites is 2. The monoisotopic (exact) mass is 330 g/mol. The van der Waals surface area contributed by atoms with E-state index >= 15 is 0 Å². The highest BCUT2D eigenvalue weighted by Gasteiger charge is 2.26. The van der Waals surface area contributed by atoms with Crippen LogP contribution in [0.5, 0.6) is 5.75 Å². The zero-order chi connectivity index (χ0) is 17.4. The number of nitrogens with zero attached hydrogens (tertiary/aromatic N) is 2. The summed E-state index contributed by atoms with van der Waals surface area (Å²) >= 11 is 0. The van der Waals surface area contributed by atoms with Crippen molar-refractivity contribution in [1.82, 2.24) is 9.55 Å². The highest BCUT2D eigenvalue weighted by atomic mass is 16.5. The number of rotatable bonds is 3. The molecule has 0 bridgehead atoms. The van der Waals surface area contributed by atoms with Gasteiger partial charge in [0.05, 0.1) is 18.8 Å². The van der Waals surface area contributed by atoms with Gasteiger partial charge in [-0.3, -0.25) is 19.1 Å². The van der Waals surface area contributed by atoms with E-state index in [-0.39, 0.29) is 24.0 Å². The summed E-state index contributed by atoms with van der Waals surface area (Å²) in [5.41, 5.74) is 4.95. The summed E-state index contributed by atoms with van der Waals surface area (Å²) in [5.74, 6) is 0.1000. The first-order valence-corrected chi connectivity index (χ1v) is 7.51. The molecule has 8 nitrogen and oxygen atoms in total. The number of ketones is 1. The molecule has 0 fully saturated rings. The standard InChI is InChI=1S/C16H18N4O4/c1-9-7-20(10-5-3-4-6-12(10)24-9)8-11(21)13-14(17)19(2)16(23)18-15(13)22/h3-6,9H,7-8,17H2,1-2H3,(H,18,22,23). The minimum Gasteiger partial charge on any atom is -0.487 e. The predicted molar refractivity (Wildman–Crippen MR) is 89.8 cm³/mol. The molecule has 3 N–H and O–H groups in total. The van der Waals surface area contributed by atoms with E-state index in [1.165, 1.54) is 7.05 Å². The predicted octanol–water partition coefficient (Wildman–Crippen LogP) is 0.126. The number of nitrogen functional groups attached to an aromatic ring is 1. The quantitative estimate of drug-likeness (QED) is 0.774. The van der Waals surface area contributed by atoms with Gasteiger partial charge in [-0.05, 0) is 19.1 Å². The molecule has 1 atom stereocenters. The molecule has 1 unspecified atom stereocenters. The normalized spacial score (nSPS) is 16.4. The largest absolute Gasteiger partial charge is 0.487 e. The maximum atomic E-state index is 12.6. The molecule has 0 saturated carbocycles. The summed E-state index contributed by atoms with van der Waals surface area (Å²) in [5, 5.41) is 0. The molecule has 1 aromatic carbocycles. The number of aromatic amines is 1. The van der Waals surface area contributed by atoms with E-state index in [1.54, 1.807) is 0 Å². The summed E-state index contributed by atoms with van der Waals surface area (Å²) in [6.45, 7) is 2.38. The van der Waals surface area contributed by atoms with Gasteiger partial charge in [-0.1, -0.05) is 12.1 Å². The number of aromatic nitrogens is 2. The van der Waals surface area contributed by atoms with Crippen LogP contribution in [0.2, 0.25) is 0 Å². The Morgan fingerprint density at radius 1 is 1.38 bits per heavy atom. The third-order valence-corrected chi connectivity index (χ3v) is 3.99. The van der Waals surface area contributed by atoms with E-state index in [0.29, 0.717) is 12.3 Å². The van der Waals surface area contributed by atoms with Crippen molar-refractivity contribution in [2.45, 2.75) is 13.0 Å². The highest BCUT2D eigenvalue weighted by molar-refractivity contribution is 6.02. The van der Waals surface area contributed by atoms with Gasteiger partial charge >= 0.3 is 5.69 Å². The van der Waals surface area contributed by atoms with Gasteiger partial charge in [-0.2, -0.15) is 0 Å². The molecule has 2 aromatic rings. The fourth-order valence-electron chi connectivity index (χ4n) is 2.79. The summed E-state index contributed by atoms with van der Waals surface area (Å²) in [4.78, 5) is 40.1. The van der Waals surface area contributed by atoms with Crippen molar-refractivity contribution in [1.29, 1.82) is 0 Å². The van der Waals surface area contributed by atoms with Gasteiger partial charge in [0.15, 0.2) is 5.78 Å². The first-order valence-electron chi connectivity index (χ1n) is 7.51. The Morgan fingerprint density at radius 2 is 2.08 bits per heavy atom. The van der Waals surface area contributed by atoms with Crippen molar-refractivity contribution >= 4 is 17.3 Å². The van der Waals surface area contributed by atoms with E-state index in [1.807, 2.05) is 36.1 Å².